The molecule has 1 unspecified atom stereocenters. The first-order chi connectivity index (χ1) is 19.6. The highest BCUT2D eigenvalue weighted by Gasteiger charge is 2.33. The van der Waals surface area contributed by atoms with Gasteiger partial charge in [-0.15, -0.1) is 11.3 Å². The van der Waals surface area contributed by atoms with Gasteiger partial charge >= 0.3 is 5.97 Å². The number of hydrogen-bond acceptors (Lipinski definition) is 8. The predicted molar refractivity (Wildman–Crippen MR) is 163 cm³/mol. The monoisotopic (exact) mass is 578 g/mol. The van der Waals surface area contributed by atoms with Gasteiger partial charge in [-0.1, -0.05) is 20.8 Å². The molecule has 1 aliphatic rings. The number of fused-ring (bicyclic) bond motifs is 1. The molecule has 1 aliphatic carbocycles. The maximum absolute atomic E-state index is 13.8. The molecule has 9 heteroatoms. The summed E-state index contributed by atoms with van der Waals surface area (Å²) in [5.74, 6) is 1.41. The molecule has 0 bridgehead atoms. The Kier molecular flexibility index (Phi) is 9.38. The van der Waals surface area contributed by atoms with Gasteiger partial charge in [-0.25, -0.2) is 9.79 Å². The first-order valence-corrected chi connectivity index (χ1v) is 14.5. The van der Waals surface area contributed by atoms with Crippen molar-refractivity contribution in [2.45, 2.75) is 47.0 Å². The molecule has 218 valence electrons. The highest BCUT2D eigenvalue weighted by atomic mass is 32.1. The maximum atomic E-state index is 13.8. The normalized spacial score (nSPS) is 14.9. The number of carbonyl (C=O) groups excluding carboxylic acids is 2. The molecule has 0 fully saturated rings. The summed E-state index contributed by atoms with van der Waals surface area (Å²) in [6.07, 6.45) is 4.43. The van der Waals surface area contributed by atoms with Crippen molar-refractivity contribution >= 4 is 40.1 Å². The molecule has 8 nitrogen and oxygen atoms in total. The Balaban J connectivity index is 1.70. The quantitative estimate of drug-likeness (QED) is 0.215. The minimum atomic E-state index is -0.395. The van der Waals surface area contributed by atoms with Crippen LogP contribution in [-0.4, -0.2) is 46.0 Å². The third-order valence-corrected chi connectivity index (χ3v) is 8.57. The van der Waals surface area contributed by atoms with E-state index in [4.69, 9.17) is 23.9 Å². The Morgan fingerprint density at radius 2 is 1.73 bits per heavy atom. The molecule has 1 aromatic heterocycles. The summed E-state index contributed by atoms with van der Waals surface area (Å²) < 4.78 is 21.6. The van der Waals surface area contributed by atoms with Crippen LogP contribution in [0, 0.1) is 11.3 Å². The lowest BCUT2D eigenvalue weighted by molar-refractivity contribution is 0.0526. The molecule has 41 heavy (non-hydrogen) atoms. The average molecular weight is 579 g/mol. The third-order valence-electron chi connectivity index (χ3n) is 7.41. The number of methoxy groups -OCH3 is 3. The van der Waals surface area contributed by atoms with Crippen molar-refractivity contribution in [3.8, 4) is 17.2 Å². The molecule has 3 aromatic rings. The third kappa shape index (κ3) is 6.56. The minimum Gasteiger partial charge on any atom is -0.493 e. The van der Waals surface area contributed by atoms with Crippen LogP contribution in [0.25, 0.3) is 0 Å². The van der Waals surface area contributed by atoms with E-state index < -0.39 is 5.97 Å². The summed E-state index contributed by atoms with van der Waals surface area (Å²) in [6.45, 7) is 8.87. The molecule has 1 heterocycles. The minimum absolute atomic E-state index is 0.168. The number of rotatable bonds is 9. The lowest BCUT2D eigenvalue weighted by Crippen LogP contribution is -2.27. The van der Waals surface area contributed by atoms with Crippen LogP contribution >= 0.6 is 11.3 Å². The number of anilines is 1. The van der Waals surface area contributed by atoms with E-state index in [1.54, 1.807) is 76.1 Å². The van der Waals surface area contributed by atoms with Gasteiger partial charge in [-0.2, -0.15) is 0 Å². The topological polar surface area (TPSA) is 95.5 Å². The van der Waals surface area contributed by atoms with Gasteiger partial charge in [-0.05, 0) is 79.5 Å². The summed E-state index contributed by atoms with van der Waals surface area (Å²) in [6, 6.07) is 10.3. The first kappa shape index (κ1) is 30.1. The molecule has 0 radical (unpaired) electrons. The van der Waals surface area contributed by atoms with Gasteiger partial charge in [0.25, 0.3) is 5.91 Å². The highest BCUT2D eigenvalue weighted by molar-refractivity contribution is 7.16. The Hall–Kier alpha value is -3.85. The number of esters is 1. The number of ether oxygens (including phenoxy) is 4. The second-order valence-corrected chi connectivity index (χ2v) is 12.0. The fraction of sp³-hybridized carbons (Fsp3) is 0.406. The maximum Gasteiger partial charge on any atom is 0.338 e. The lowest BCUT2D eigenvalue weighted by Gasteiger charge is -2.33. The number of aliphatic imine (C=N–C) groups is 1. The number of carbonyl (C=O) groups is 2. The van der Waals surface area contributed by atoms with Gasteiger partial charge in [0.2, 0.25) is 5.75 Å². The van der Waals surface area contributed by atoms with Crippen LogP contribution in [0.1, 0.15) is 70.8 Å². The fourth-order valence-corrected chi connectivity index (χ4v) is 6.36. The van der Waals surface area contributed by atoms with Crippen LogP contribution in [0.15, 0.2) is 41.4 Å². The lowest BCUT2D eigenvalue weighted by atomic mass is 9.72. The number of nitrogens with one attached hydrogen (secondary N) is 1. The van der Waals surface area contributed by atoms with Crippen molar-refractivity contribution < 1.29 is 28.5 Å². The zero-order valence-corrected chi connectivity index (χ0v) is 25.6. The van der Waals surface area contributed by atoms with Gasteiger partial charge < -0.3 is 24.3 Å². The van der Waals surface area contributed by atoms with Crippen LogP contribution in [0.4, 0.5) is 10.7 Å². The second kappa shape index (κ2) is 12.8. The van der Waals surface area contributed by atoms with Crippen molar-refractivity contribution in [1.82, 2.24) is 0 Å². The van der Waals surface area contributed by atoms with E-state index in [0.29, 0.717) is 57.2 Å². The van der Waals surface area contributed by atoms with Gasteiger partial charge in [-0.3, -0.25) is 4.79 Å². The summed E-state index contributed by atoms with van der Waals surface area (Å²) in [5, 5.41) is 3.65. The molecule has 2 aromatic carbocycles. The van der Waals surface area contributed by atoms with Crippen LogP contribution in [0.5, 0.6) is 17.2 Å². The SMILES string of the molecule is CCOC(=O)c1ccc(NC(=O)c2c(/N=C\c3ccc(OC)c(OC)c3OC)sc3c2CCC(C(C)(C)C)C3)cc1. The predicted octanol–water partition coefficient (Wildman–Crippen LogP) is 7.10. The van der Waals surface area contributed by atoms with E-state index in [1.807, 2.05) is 6.07 Å². The summed E-state index contributed by atoms with van der Waals surface area (Å²) in [7, 11) is 4.69. The van der Waals surface area contributed by atoms with Gasteiger partial charge in [0.1, 0.15) is 5.00 Å². The summed E-state index contributed by atoms with van der Waals surface area (Å²) >= 11 is 1.57. The number of benzene rings is 2. The number of amides is 1. The van der Waals surface area contributed by atoms with Crippen molar-refractivity contribution in [3.05, 3.63) is 63.5 Å². The van der Waals surface area contributed by atoms with Crippen LogP contribution in [-0.2, 0) is 17.6 Å². The smallest absolute Gasteiger partial charge is 0.338 e. The molecular formula is C32H38N2O6S. The van der Waals surface area contributed by atoms with Crippen LogP contribution in [0.2, 0.25) is 0 Å². The van der Waals surface area contributed by atoms with E-state index in [-0.39, 0.29) is 11.3 Å². The first-order valence-electron chi connectivity index (χ1n) is 13.7. The zero-order chi connectivity index (χ0) is 29.7. The number of nitrogens with zero attached hydrogens (tertiary/aromatic N) is 1. The molecular weight excluding hydrogens is 540 g/mol. The van der Waals surface area contributed by atoms with Crippen molar-refractivity contribution in [1.29, 1.82) is 0 Å². The largest absolute Gasteiger partial charge is 0.493 e. The Bertz CT molecular complexity index is 1440. The molecule has 1 amide bonds. The Labute approximate surface area is 245 Å². The van der Waals surface area contributed by atoms with Gasteiger partial charge in [0.15, 0.2) is 11.5 Å². The van der Waals surface area contributed by atoms with Crippen molar-refractivity contribution in [2.75, 3.05) is 33.3 Å². The Morgan fingerprint density at radius 3 is 2.34 bits per heavy atom. The Morgan fingerprint density at radius 1 is 1.02 bits per heavy atom. The van der Waals surface area contributed by atoms with E-state index in [2.05, 4.69) is 26.1 Å². The number of thiophene rings is 1. The summed E-state index contributed by atoms with van der Waals surface area (Å²) in [4.78, 5) is 31.8. The van der Waals surface area contributed by atoms with E-state index in [1.165, 1.54) is 4.88 Å². The average Bonchev–Trinajstić information content (AvgIpc) is 3.33. The van der Waals surface area contributed by atoms with E-state index in [0.717, 1.165) is 24.8 Å². The fourth-order valence-electron chi connectivity index (χ4n) is 5.09. The van der Waals surface area contributed by atoms with E-state index >= 15 is 0 Å². The molecule has 0 aliphatic heterocycles. The number of hydrogen-bond donors (Lipinski definition) is 1. The molecule has 4 rings (SSSR count). The van der Waals surface area contributed by atoms with Gasteiger partial charge in [0.05, 0.1) is 39.1 Å². The standard InChI is InChI=1S/C32H38N2O6S/c1-8-40-31(36)19-9-13-22(14-10-19)34-29(35)26-23-15-12-21(32(2,3)4)17-25(23)41-30(26)33-18-20-11-16-24(37-5)28(39-7)27(20)38-6/h9-11,13-14,16,18,21H,8,12,15,17H2,1-7H3,(H,34,35)/b33-18-. The van der Waals surface area contributed by atoms with Gasteiger partial charge in [0, 0.05) is 22.3 Å². The zero-order valence-electron chi connectivity index (χ0n) is 24.8. The molecule has 0 spiro atoms. The molecule has 1 atom stereocenters. The molecule has 1 N–H and O–H groups in total. The van der Waals surface area contributed by atoms with Crippen LogP contribution in [0.3, 0.4) is 0 Å². The van der Waals surface area contributed by atoms with Crippen LogP contribution < -0.4 is 19.5 Å². The van der Waals surface area contributed by atoms with E-state index in [9.17, 15) is 9.59 Å². The van der Waals surface area contributed by atoms with Crippen molar-refractivity contribution in [3.63, 3.8) is 0 Å². The molecule has 0 saturated heterocycles. The summed E-state index contributed by atoms with van der Waals surface area (Å²) in [5.41, 5.74) is 3.53. The molecule has 0 saturated carbocycles. The van der Waals surface area contributed by atoms with Crippen molar-refractivity contribution in [2.24, 2.45) is 16.3 Å². The second-order valence-electron chi connectivity index (χ2n) is 10.9. The highest BCUT2D eigenvalue weighted by Crippen LogP contribution is 2.46.